The molecule has 2 nitrogen and oxygen atoms in total. The largest absolute Gasteiger partial charge is 0.457 e. The van der Waals surface area contributed by atoms with Crippen molar-refractivity contribution in [2.45, 2.75) is 20.3 Å². The van der Waals surface area contributed by atoms with E-state index in [9.17, 15) is 0 Å². The maximum Gasteiger partial charge on any atom is 0.132 e. The predicted octanol–water partition coefficient (Wildman–Crippen LogP) is 4.25. The fraction of sp³-hybridized carbons (Fsp3) is 0.250. The Kier molecular flexibility index (Phi) is 4.46. The first-order chi connectivity index (χ1) is 9.11. The lowest BCUT2D eigenvalue weighted by atomic mass is 10.1. The predicted molar refractivity (Wildman–Crippen MR) is 80.2 cm³/mol. The zero-order valence-corrected chi connectivity index (χ0v) is 12.0. The molecule has 0 atom stereocenters. The van der Waals surface area contributed by atoms with Crippen molar-refractivity contribution in [3.05, 3.63) is 58.1 Å². The Balaban J connectivity index is 2.35. The van der Waals surface area contributed by atoms with Gasteiger partial charge in [-0.05, 0) is 50.6 Å². The van der Waals surface area contributed by atoms with E-state index in [1.54, 1.807) is 0 Å². The van der Waals surface area contributed by atoms with Crippen LogP contribution in [0.3, 0.4) is 0 Å². The molecule has 0 aromatic heterocycles. The van der Waals surface area contributed by atoms with E-state index in [1.165, 1.54) is 5.56 Å². The fourth-order valence-corrected chi connectivity index (χ4v) is 2.31. The van der Waals surface area contributed by atoms with E-state index in [2.05, 4.69) is 13.0 Å². The van der Waals surface area contributed by atoms with Crippen LogP contribution in [0, 0.1) is 13.8 Å². The second-order valence-electron chi connectivity index (χ2n) is 4.63. The molecule has 0 fully saturated rings. The second-order valence-corrected chi connectivity index (χ2v) is 5.03. The molecule has 0 aliphatic heterocycles. The van der Waals surface area contributed by atoms with Crippen LogP contribution in [0.15, 0.2) is 36.4 Å². The number of hydrogen-bond acceptors (Lipinski definition) is 2. The number of benzene rings is 2. The Labute approximate surface area is 119 Å². The molecule has 0 unspecified atom stereocenters. The highest BCUT2D eigenvalue weighted by Crippen LogP contribution is 2.32. The molecule has 3 heteroatoms. The molecule has 19 heavy (non-hydrogen) atoms. The van der Waals surface area contributed by atoms with Crippen molar-refractivity contribution in [3.8, 4) is 11.5 Å². The zero-order valence-electron chi connectivity index (χ0n) is 11.2. The number of hydrogen-bond donors (Lipinski definition) is 1. The van der Waals surface area contributed by atoms with Gasteiger partial charge in [-0.1, -0.05) is 35.4 Å². The molecule has 0 heterocycles. The van der Waals surface area contributed by atoms with Gasteiger partial charge in [0.15, 0.2) is 0 Å². The standard InChI is InChI=1S/C16H18ClNO/c1-11-6-7-15(12(2)10-11)19-16-5-3-4-14(17)13(16)8-9-18/h3-7,10H,8-9,18H2,1-2H3. The third-order valence-corrected chi connectivity index (χ3v) is 3.37. The van der Waals surface area contributed by atoms with Crippen LogP contribution in [-0.4, -0.2) is 6.54 Å². The first-order valence-corrected chi connectivity index (χ1v) is 6.72. The maximum atomic E-state index is 6.20. The summed E-state index contributed by atoms with van der Waals surface area (Å²) in [5.41, 5.74) is 8.92. The molecule has 0 aliphatic carbocycles. The molecule has 0 saturated heterocycles. The van der Waals surface area contributed by atoms with E-state index in [0.29, 0.717) is 18.0 Å². The topological polar surface area (TPSA) is 35.2 Å². The molecule has 0 saturated carbocycles. The van der Waals surface area contributed by atoms with Gasteiger partial charge in [0.2, 0.25) is 0 Å². The van der Waals surface area contributed by atoms with Crippen LogP contribution in [0.1, 0.15) is 16.7 Å². The second kappa shape index (κ2) is 6.09. The first kappa shape index (κ1) is 13.9. The van der Waals surface area contributed by atoms with Crippen LogP contribution in [0.4, 0.5) is 0 Å². The lowest BCUT2D eigenvalue weighted by molar-refractivity contribution is 0.472. The van der Waals surface area contributed by atoms with Gasteiger partial charge < -0.3 is 10.5 Å². The molecule has 0 radical (unpaired) electrons. The molecule has 0 aliphatic rings. The molecule has 2 aromatic carbocycles. The average Bonchev–Trinajstić information content (AvgIpc) is 2.37. The van der Waals surface area contributed by atoms with Crippen LogP contribution in [0.5, 0.6) is 11.5 Å². The van der Waals surface area contributed by atoms with Gasteiger partial charge in [-0.25, -0.2) is 0 Å². The van der Waals surface area contributed by atoms with Gasteiger partial charge >= 0.3 is 0 Å². The Hall–Kier alpha value is -1.51. The maximum absolute atomic E-state index is 6.20. The number of halogens is 1. The van der Waals surface area contributed by atoms with E-state index < -0.39 is 0 Å². The SMILES string of the molecule is Cc1ccc(Oc2cccc(Cl)c2CCN)c(C)c1. The smallest absolute Gasteiger partial charge is 0.132 e. The number of nitrogens with two attached hydrogens (primary N) is 1. The Morgan fingerprint density at radius 3 is 2.58 bits per heavy atom. The number of rotatable bonds is 4. The van der Waals surface area contributed by atoms with Gasteiger partial charge in [0.25, 0.3) is 0 Å². The highest BCUT2D eigenvalue weighted by molar-refractivity contribution is 6.31. The third-order valence-electron chi connectivity index (χ3n) is 3.02. The van der Waals surface area contributed by atoms with Gasteiger partial charge in [-0.2, -0.15) is 0 Å². The zero-order chi connectivity index (χ0) is 13.8. The van der Waals surface area contributed by atoms with Crippen LogP contribution in [-0.2, 0) is 6.42 Å². The molecule has 0 amide bonds. The minimum absolute atomic E-state index is 0.549. The van der Waals surface area contributed by atoms with Gasteiger partial charge in [0.05, 0.1) is 0 Å². The van der Waals surface area contributed by atoms with Crippen molar-refractivity contribution in [2.75, 3.05) is 6.54 Å². The van der Waals surface area contributed by atoms with E-state index in [4.69, 9.17) is 22.1 Å². The summed E-state index contributed by atoms with van der Waals surface area (Å²) in [6.45, 7) is 4.65. The van der Waals surface area contributed by atoms with E-state index in [-0.39, 0.29) is 0 Å². The third kappa shape index (κ3) is 3.28. The van der Waals surface area contributed by atoms with Crippen molar-refractivity contribution in [1.82, 2.24) is 0 Å². The lowest BCUT2D eigenvalue weighted by Crippen LogP contribution is -2.05. The fourth-order valence-electron chi connectivity index (χ4n) is 2.05. The van der Waals surface area contributed by atoms with Crippen molar-refractivity contribution in [2.24, 2.45) is 5.73 Å². The van der Waals surface area contributed by atoms with Gasteiger partial charge in [-0.3, -0.25) is 0 Å². The van der Waals surface area contributed by atoms with Crippen LogP contribution >= 0.6 is 11.6 Å². The molecule has 2 N–H and O–H groups in total. The number of ether oxygens (including phenoxy) is 1. The highest BCUT2D eigenvalue weighted by atomic mass is 35.5. The van der Waals surface area contributed by atoms with Gasteiger partial charge in [0.1, 0.15) is 11.5 Å². The molecule has 2 rings (SSSR count). The summed E-state index contributed by atoms with van der Waals surface area (Å²) in [5.74, 6) is 1.64. The summed E-state index contributed by atoms with van der Waals surface area (Å²) in [4.78, 5) is 0. The summed E-state index contributed by atoms with van der Waals surface area (Å²) < 4.78 is 5.99. The van der Waals surface area contributed by atoms with Gasteiger partial charge in [0, 0.05) is 10.6 Å². The molecule has 0 bridgehead atoms. The van der Waals surface area contributed by atoms with Crippen molar-refractivity contribution >= 4 is 11.6 Å². The van der Waals surface area contributed by atoms with Crippen molar-refractivity contribution in [1.29, 1.82) is 0 Å². The average molecular weight is 276 g/mol. The molecule has 2 aromatic rings. The van der Waals surface area contributed by atoms with Gasteiger partial charge in [-0.15, -0.1) is 0 Å². The Morgan fingerprint density at radius 2 is 1.89 bits per heavy atom. The minimum Gasteiger partial charge on any atom is -0.457 e. The van der Waals surface area contributed by atoms with Crippen LogP contribution in [0.2, 0.25) is 5.02 Å². The highest BCUT2D eigenvalue weighted by Gasteiger charge is 2.09. The lowest BCUT2D eigenvalue weighted by Gasteiger charge is -2.14. The van der Waals surface area contributed by atoms with Crippen molar-refractivity contribution in [3.63, 3.8) is 0 Å². The summed E-state index contributed by atoms with van der Waals surface area (Å²) in [6.07, 6.45) is 0.708. The Morgan fingerprint density at radius 1 is 1.11 bits per heavy atom. The first-order valence-electron chi connectivity index (χ1n) is 6.34. The molecular formula is C16H18ClNO. The van der Waals surface area contributed by atoms with E-state index in [0.717, 1.165) is 22.6 Å². The van der Waals surface area contributed by atoms with Crippen molar-refractivity contribution < 1.29 is 4.74 Å². The number of aryl methyl sites for hydroxylation is 2. The summed E-state index contributed by atoms with van der Waals surface area (Å²) in [5, 5.41) is 0.702. The summed E-state index contributed by atoms with van der Waals surface area (Å²) in [7, 11) is 0. The normalized spacial score (nSPS) is 10.5. The molecular weight excluding hydrogens is 258 g/mol. The van der Waals surface area contributed by atoms with E-state index in [1.807, 2.05) is 37.3 Å². The monoisotopic (exact) mass is 275 g/mol. The Bertz CT molecular complexity index is 581. The quantitative estimate of drug-likeness (QED) is 0.905. The summed E-state index contributed by atoms with van der Waals surface area (Å²) in [6, 6.07) is 11.8. The van der Waals surface area contributed by atoms with Crippen LogP contribution in [0.25, 0.3) is 0 Å². The minimum atomic E-state index is 0.549. The molecule has 0 spiro atoms. The van der Waals surface area contributed by atoms with Crippen LogP contribution < -0.4 is 10.5 Å². The molecule has 100 valence electrons. The van der Waals surface area contributed by atoms with E-state index >= 15 is 0 Å². The summed E-state index contributed by atoms with van der Waals surface area (Å²) >= 11 is 6.20.